The molecule has 2 aliphatic carbocycles. The number of terminal acetylenes is 1. The fourth-order valence-electron chi connectivity index (χ4n) is 9.57. The van der Waals surface area contributed by atoms with Crippen molar-refractivity contribution < 1.29 is 0 Å². The predicted octanol–water partition coefficient (Wildman–Crippen LogP) is 17.0. The van der Waals surface area contributed by atoms with Gasteiger partial charge >= 0.3 is 0 Å². The van der Waals surface area contributed by atoms with E-state index in [9.17, 15) is 0 Å². The summed E-state index contributed by atoms with van der Waals surface area (Å²) in [5.74, 6) is 0. The highest BCUT2D eigenvalue weighted by atomic mass is 14.7. The molecule has 68 heavy (non-hydrogen) atoms. The van der Waals surface area contributed by atoms with Crippen molar-refractivity contribution in [2.45, 2.75) is 53.4 Å². The van der Waals surface area contributed by atoms with E-state index in [0.717, 1.165) is 48.2 Å². The first-order chi connectivity index (χ1) is 33.3. The maximum Gasteiger partial charge on any atom is 0.0633 e. The molecule has 0 heterocycles. The lowest BCUT2D eigenvalue weighted by molar-refractivity contribution is 1.13. The maximum absolute atomic E-state index is 4.54. The van der Waals surface area contributed by atoms with Crippen LogP contribution in [0.3, 0.4) is 0 Å². The standard InChI is InChI=1S/C33H26.C16H15N.C16H16.C2H2/c1-23-19-25(26-15-16-29-21-28-12-6-8-14-32(28)33(29)22-26)17-18-30(23)31-13-7-5-11-27(31)20-24-9-3-2-4-10-24;1-13(15-9-5-3-6-10-15)17-14(2)16-11-7-4-8-12-16;1-3-12-5-4-6-14-10-13-8-7-11(2)9-15(13)16(12)14;1-2/h2-19,22H,20-21H2,1H3;3-12H,1H2,2H3;4-9H,3,10H2,1-2H3;1-2H. The van der Waals surface area contributed by atoms with Crippen molar-refractivity contribution in [3.8, 4) is 57.4 Å². The van der Waals surface area contributed by atoms with Crippen molar-refractivity contribution in [2.24, 2.45) is 4.99 Å². The average molecular weight is 878 g/mol. The van der Waals surface area contributed by atoms with E-state index >= 15 is 0 Å². The summed E-state index contributed by atoms with van der Waals surface area (Å²) in [6.45, 7) is 12.7. The fraction of sp³-hybridized carbons (Fsp3) is 0.119. The normalized spacial score (nSPS) is 11.5. The molecule has 9 aromatic carbocycles. The van der Waals surface area contributed by atoms with Crippen LogP contribution in [0.4, 0.5) is 0 Å². The molecular formula is C67H59N. The van der Waals surface area contributed by atoms with Gasteiger partial charge in [0.1, 0.15) is 0 Å². The van der Waals surface area contributed by atoms with Crippen molar-refractivity contribution in [3.05, 3.63) is 280 Å². The van der Waals surface area contributed by atoms with Crippen molar-refractivity contribution in [1.29, 1.82) is 0 Å². The van der Waals surface area contributed by atoms with Gasteiger partial charge in [0.05, 0.1) is 5.70 Å². The van der Waals surface area contributed by atoms with Crippen LogP contribution in [0, 0.1) is 26.7 Å². The summed E-state index contributed by atoms with van der Waals surface area (Å²) in [7, 11) is 0. The highest BCUT2D eigenvalue weighted by molar-refractivity contribution is 6.01. The Kier molecular flexibility index (Phi) is 15.0. The van der Waals surface area contributed by atoms with E-state index in [1.54, 1.807) is 0 Å². The minimum Gasteiger partial charge on any atom is -0.253 e. The molecule has 332 valence electrons. The van der Waals surface area contributed by atoms with Crippen molar-refractivity contribution in [3.63, 3.8) is 0 Å². The molecule has 0 saturated heterocycles. The van der Waals surface area contributed by atoms with Gasteiger partial charge in [0, 0.05) is 5.71 Å². The summed E-state index contributed by atoms with van der Waals surface area (Å²) in [5.41, 5.74) is 27.7. The highest BCUT2D eigenvalue weighted by Crippen LogP contribution is 2.41. The third kappa shape index (κ3) is 10.6. The van der Waals surface area contributed by atoms with E-state index in [-0.39, 0.29) is 0 Å². The topological polar surface area (TPSA) is 12.4 Å². The minimum absolute atomic E-state index is 0.798. The molecule has 0 atom stereocenters. The lowest BCUT2D eigenvalue weighted by Crippen LogP contribution is -1.94. The first-order valence-corrected chi connectivity index (χ1v) is 23.7. The van der Waals surface area contributed by atoms with Crippen LogP contribution in [0.5, 0.6) is 0 Å². The van der Waals surface area contributed by atoms with Crippen LogP contribution < -0.4 is 0 Å². The van der Waals surface area contributed by atoms with Gasteiger partial charge in [0.15, 0.2) is 0 Å². The third-order valence-corrected chi connectivity index (χ3v) is 13.0. The van der Waals surface area contributed by atoms with E-state index in [0.29, 0.717) is 0 Å². The summed E-state index contributed by atoms with van der Waals surface area (Å²) in [6.07, 6.45) is 12.2. The number of nitrogens with zero attached hydrogens (tertiary/aromatic N) is 1. The Hall–Kier alpha value is -8.05. The van der Waals surface area contributed by atoms with Crippen LogP contribution in [0.25, 0.3) is 50.2 Å². The maximum atomic E-state index is 4.54. The fourth-order valence-corrected chi connectivity index (χ4v) is 9.57. The Bertz CT molecular complexity index is 3220. The summed E-state index contributed by atoms with van der Waals surface area (Å²) in [4.78, 5) is 4.54. The van der Waals surface area contributed by atoms with Crippen LogP contribution in [0.15, 0.2) is 224 Å². The molecule has 0 spiro atoms. The lowest BCUT2D eigenvalue weighted by Gasteiger charge is -2.14. The molecule has 0 aliphatic heterocycles. The molecule has 0 aromatic heterocycles. The van der Waals surface area contributed by atoms with Crippen LogP contribution >= 0.6 is 0 Å². The van der Waals surface area contributed by atoms with Crippen molar-refractivity contribution in [2.75, 3.05) is 0 Å². The van der Waals surface area contributed by atoms with Crippen molar-refractivity contribution >= 4 is 11.4 Å². The van der Waals surface area contributed by atoms with Gasteiger partial charge < -0.3 is 0 Å². The smallest absolute Gasteiger partial charge is 0.0633 e. The molecule has 0 bridgehead atoms. The van der Waals surface area contributed by atoms with Crippen LogP contribution in [-0.2, 0) is 25.7 Å². The molecule has 1 nitrogen and oxygen atoms in total. The van der Waals surface area contributed by atoms with E-state index in [1.807, 2.05) is 55.5 Å². The molecule has 9 aromatic rings. The highest BCUT2D eigenvalue weighted by Gasteiger charge is 2.21. The molecular weight excluding hydrogens is 819 g/mol. The van der Waals surface area contributed by atoms with E-state index in [2.05, 4.69) is 209 Å². The zero-order valence-corrected chi connectivity index (χ0v) is 39.8. The molecule has 0 unspecified atom stereocenters. The third-order valence-electron chi connectivity index (χ3n) is 13.0. The minimum atomic E-state index is 0.798. The average Bonchev–Trinajstić information content (AvgIpc) is 3.96. The van der Waals surface area contributed by atoms with E-state index in [1.165, 1.54) is 94.6 Å². The molecule has 0 N–H and O–H groups in total. The largest absolute Gasteiger partial charge is 0.253 e. The zero-order chi connectivity index (χ0) is 47.4. The zero-order valence-electron chi connectivity index (χ0n) is 39.8. The predicted molar refractivity (Wildman–Crippen MR) is 292 cm³/mol. The number of rotatable bonds is 8. The van der Waals surface area contributed by atoms with Gasteiger partial charge in [0.2, 0.25) is 0 Å². The van der Waals surface area contributed by atoms with E-state index in [4.69, 9.17) is 0 Å². The summed E-state index contributed by atoms with van der Waals surface area (Å²) < 4.78 is 0. The first kappa shape index (κ1) is 46.5. The molecule has 11 rings (SSSR count). The van der Waals surface area contributed by atoms with Crippen LogP contribution in [0.2, 0.25) is 0 Å². The molecule has 0 fully saturated rings. The van der Waals surface area contributed by atoms with Gasteiger partial charge in [-0.15, -0.1) is 12.8 Å². The lowest BCUT2D eigenvalue weighted by atomic mass is 9.90. The van der Waals surface area contributed by atoms with Gasteiger partial charge in [0.25, 0.3) is 0 Å². The van der Waals surface area contributed by atoms with Gasteiger partial charge in [-0.05, 0) is 153 Å². The Labute approximate surface area is 405 Å². The number of fused-ring (bicyclic) bond motifs is 6. The second kappa shape index (κ2) is 22.0. The number of aryl methyl sites for hydroxylation is 3. The number of hydrogen-bond donors (Lipinski definition) is 0. The summed E-state index contributed by atoms with van der Waals surface area (Å²) in [6, 6.07) is 75.9. The van der Waals surface area contributed by atoms with Crippen molar-refractivity contribution in [1.82, 2.24) is 0 Å². The number of hydrogen-bond acceptors (Lipinski definition) is 1. The molecule has 2 aliphatic rings. The number of aliphatic imine (C=N–C) groups is 1. The van der Waals surface area contributed by atoms with Gasteiger partial charge in [-0.25, -0.2) is 0 Å². The molecule has 1 heteroatoms. The van der Waals surface area contributed by atoms with Gasteiger partial charge in [-0.3, -0.25) is 4.99 Å². The second-order valence-corrected chi connectivity index (χ2v) is 17.6. The Morgan fingerprint density at radius 1 is 0.471 bits per heavy atom. The molecule has 0 amide bonds. The summed E-state index contributed by atoms with van der Waals surface area (Å²) >= 11 is 0. The number of benzene rings is 9. The van der Waals surface area contributed by atoms with Crippen LogP contribution in [-0.4, -0.2) is 5.71 Å². The Morgan fingerprint density at radius 3 is 1.74 bits per heavy atom. The summed E-state index contributed by atoms with van der Waals surface area (Å²) in [5, 5.41) is 0. The molecule has 0 saturated carbocycles. The molecule has 0 radical (unpaired) electrons. The second-order valence-electron chi connectivity index (χ2n) is 17.6. The van der Waals surface area contributed by atoms with Crippen LogP contribution in [0.1, 0.15) is 75.0 Å². The van der Waals surface area contributed by atoms with Gasteiger partial charge in [-0.1, -0.05) is 225 Å². The van der Waals surface area contributed by atoms with Gasteiger partial charge in [-0.2, -0.15) is 0 Å². The quantitative estimate of drug-likeness (QED) is 0.107. The Morgan fingerprint density at radius 2 is 1.01 bits per heavy atom. The SMILES string of the molecule is C#C.C=C(N=C(C)c1ccccc1)c1ccccc1.CCc1cccc2c1-c1cc(C)ccc1C2.Cc1cc(-c2ccc3c(c2)-c2ccccc2C3)ccc1-c1ccccc1Cc1ccccc1. The van der Waals surface area contributed by atoms with E-state index < -0.39 is 0 Å². The Balaban J connectivity index is 0.000000150. The first-order valence-electron chi connectivity index (χ1n) is 23.7. The monoisotopic (exact) mass is 877 g/mol.